The van der Waals surface area contributed by atoms with Crippen LogP contribution < -0.4 is 0 Å². The van der Waals surface area contributed by atoms with E-state index in [-0.39, 0.29) is 11.8 Å². The molecule has 1 aromatic heterocycles. The van der Waals surface area contributed by atoms with Crippen molar-refractivity contribution in [3.8, 4) is 0 Å². The molecule has 10 heavy (non-hydrogen) atoms. The molecule has 1 heterocycles. The number of hydrogen-bond acceptors (Lipinski definition) is 4. The van der Waals surface area contributed by atoms with Gasteiger partial charge in [-0.05, 0) is 0 Å². The highest BCUT2D eigenvalue weighted by Crippen LogP contribution is 1.92. The molecule has 0 saturated heterocycles. The number of esters is 1. The summed E-state index contributed by atoms with van der Waals surface area (Å²) in [6.07, 6.45) is 3.03. The Morgan fingerprint density at radius 2 is 2.70 bits per heavy atom. The van der Waals surface area contributed by atoms with Crippen LogP contribution in [0, 0.1) is 0 Å². The van der Waals surface area contributed by atoms with E-state index in [1.165, 1.54) is 6.20 Å². The number of carbonyl (C=O) groups is 1. The van der Waals surface area contributed by atoms with Crippen molar-refractivity contribution in [2.75, 3.05) is 5.94 Å². The van der Waals surface area contributed by atoms with Gasteiger partial charge in [0.2, 0.25) is 5.82 Å². The molecule has 0 aliphatic heterocycles. The third kappa shape index (κ3) is 1.51. The first-order chi connectivity index (χ1) is 4.84. The average molecular weight is 158 g/mol. The molecule has 54 valence electrons. The molecule has 1 aromatic rings. The standard InChI is InChI=1S/C5H6N2O2S/c8-5(9-3-10)4-6-1-2-7-4/h1-2,10H,3H2,(H,6,7). The van der Waals surface area contributed by atoms with Gasteiger partial charge < -0.3 is 9.72 Å². The first kappa shape index (κ1) is 7.14. The van der Waals surface area contributed by atoms with Gasteiger partial charge in [-0.25, -0.2) is 9.78 Å². The maximum Gasteiger partial charge on any atom is 0.375 e. The van der Waals surface area contributed by atoms with Crippen LogP contribution in [0.2, 0.25) is 0 Å². The Hall–Kier alpha value is -0.970. The molecule has 0 fully saturated rings. The summed E-state index contributed by atoms with van der Waals surface area (Å²) in [5.74, 6) is -0.214. The van der Waals surface area contributed by atoms with Crippen LogP contribution in [0.3, 0.4) is 0 Å². The fourth-order valence-electron chi connectivity index (χ4n) is 0.504. The monoisotopic (exact) mass is 158 g/mol. The number of aromatic amines is 1. The molecule has 0 spiro atoms. The summed E-state index contributed by atoms with van der Waals surface area (Å²) in [4.78, 5) is 17.0. The molecule has 0 radical (unpaired) electrons. The molecule has 0 aromatic carbocycles. The van der Waals surface area contributed by atoms with E-state index >= 15 is 0 Å². The zero-order valence-corrected chi connectivity index (χ0v) is 5.97. The van der Waals surface area contributed by atoms with E-state index in [1.54, 1.807) is 6.20 Å². The van der Waals surface area contributed by atoms with Gasteiger partial charge in [0.1, 0.15) is 5.94 Å². The van der Waals surface area contributed by atoms with Crippen molar-refractivity contribution in [2.24, 2.45) is 0 Å². The van der Waals surface area contributed by atoms with Crippen LogP contribution in [0.1, 0.15) is 10.6 Å². The molecule has 5 heteroatoms. The predicted molar refractivity (Wildman–Crippen MR) is 37.9 cm³/mol. The number of carbonyl (C=O) groups excluding carboxylic acids is 1. The Kier molecular flexibility index (Phi) is 2.33. The second kappa shape index (κ2) is 3.26. The summed E-state index contributed by atoms with van der Waals surface area (Å²) < 4.78 is 4.52. The van der Waals surface area contributed by atoms with Gasteiger partial charge in [0.05, 0.1) is 0 Å². The fourth-order valence-corrected chi connectivity index (χ4v) is 0.621. The lowest BCUT2D eigenvalue weighted by Crippen LogP contribution is -2.05. The molecule has 0 bridgehead atoms. The molecule has 0 amide bonds. The largest absolute Gasteiger partial charge is 0.449 e. The smallest absolute Gasteiger partial charge is 0.375 e. The average Bonchev–Trinajstić information content (AvgIpc) is 2.38. The third-order valence-electron chi connectivity index (χ3n) is 0.887. The number of thiol groups is 1. The van der Waals surface area contributed by atoms with Crippen LogP contribution in [0.5, 0.6) is 0 Å². The number of H-pyrrole nitrogens is 1. The summed E-state index contributed by atoms with van der Waals surface area (Å²) in [7, 11) is 0. The number of aromatic nitrogens is 2. The first-order valence-electron chi connectivity index (χ1n) is 2.62. The van der Waals surface area contributed by atoms with Gasteiger partial charge in [0.25, 0.3) is 0 Å². The van der Waals surface area contributed by atoms with Gasteiger partial charge >= 0.3 is 5.97 Å². The minimum atomic E-state index is -0.486. The molecule has 0 aliphatic rings. The topological polar surface area (TPSA) is 55.0 Å². The van der Waals surface area contributed by atoms with Gasteiger partial charge in [0.15, 0.2) is 0 Å². The minimum absolute atomic E-state index is 0.0690. The number of ether oxygens (including phenoxy) is 1. The zero-order chi connectivity index (χ0) is 7.40. The van der Waals surface area contributed by atoms with Crippen molar-refractivity contribution in [1.29, 1.82) is 0 Å². The van der Waals surface area contributed by atoms with Crippen molar-refractivity contribution in [3.63, 3.8) is 0 Å². The lowest BCUT2D eigenvalue weighted by atomic mass is 10.6. The SMILES string of the molecule is O=C(OCS)c1ncc[nH]1. The Balaban J connectivity index is 2.59. The second-order valence-electron chi connectivity index (χ2n) is 1.50. The lowest BCUT2D eigenvalue weighted by molar-refractivity contribution is 0.0568. The fraction of sp³-hybridized carbons (Fsp3) is 0.200. The Morgan fingerprint density at radius 3 is 3.20 bits per heavy atom. The molecule has 0 atom stereocenters. The highest BCUT2D eigenvalue weighted by atomic mass is 32.1. The zero-order valence-electron chi connectivity index (χ0n) is 5.07. The maximum absolute atomic E-state index is 10.7. The molecular formula is C5H6N2O2S. The van der Waals surface area contributed by atoms with Crippen molar-refractivity contribution in [2.45, 2.75) is 0 Å². The van der Waals surface area contributed by atoms with Gasteiger partial charge in [0, 0.05) is 12.4 Å². The van der Waals surface area contributed by atoms with Crippen molar-refractivity contribution in [3.05, 3.63) is 18.2 Å². The van der Waals surface area contributed by atoms with Crippen molar-refractivity contribution in [1.82, 2.24) is 9.97 Å². The van der Waals surface area contributed by atoms with E-state index in [4.69, 9.17) is 0 Å². The van der Waals surface area contributed by atoms with Crippen LogP contribution >= 0.6 is 12.6 Å². The van der Waals surface area contributed by atoms with E-state index in [1.807, 2.05) is 0 Å². The summed E-state index contributed by atoms with van der Waals surface area (Å²) >= 11 is 3.71. The van der Waals surface area contributed by atoms with Gasteiger partial charge in [-0.2, -0.15) is 0 Å². The van der Waals surface area contributed by atoms with Crippen LogP contribution in [0.4, 0.5) is 0 Å². The number of hydrogen-bond donors (Lipinski definition) is 2. The van der Waals surface area contributed by atoms with Crippen molar-refractivity contribution >= 4 is 18.6 Å². The number of imidazole rings is 1. The molecule has 0 aliphatic carbocycles. The van der Waals surface area contributed by atoms with E-state index in [0.717, 1.165) is 0 Å². The third-order valence-corrected chi connectivity index (χ3v) is 1.02. The maximum atomic E-state index is 10.7. The molecule has 4 nitrogen and oxygen atoms in total. The number of rotatable bonds is 2. The van der Waals surface area contributed by atoms with E-state index < -0.39 is 5.97 Å². The van der Waals surface area contributed by atoms with E-state index in [0.29, 0.717) is 0 Å². The van der Waals surface area contributed by atoms with Crippen LogP contribution in [-0.2, 0) is 4.74 Å². The molecule has 1 rings (SSSR count). The summed E-state index contributed by atoms with van der Waals surface area (Å²) in [6.45, 7) is 0. The first-order valence-corrected chi connectivity index (χ1v) is 3.25. The molecular weight excluding hydrogens is 152 g/mol. The number of nitrogens with zero attached hydrogens (tertiary/aromatic N) is 1. The number of nitrogens with one attached hydrogen (secondary N) is 1. The summed E-state index contributed by atoms with van der Waals surface area (Å²) in [6, 6.07) is 0. The van der Waals surface area contributed by atoms with Gasteiger partial charge in [-0.1, -0.05) is 0 Å². The quantitative estimate of drug-likeness (QED) is 0.373. The van der Waals surface area contributed by atoms with Crippen LogP contribution in [0.15, 0.2) is 12.4 Å². The molecule has 0 saturated carbocycles. The van der Waals surface area contributed by atoms with Gasteiger partial charge in [-0.3, -0.25) is 0 Å². The van der Waals surface area contributed by atoms with Crippen LogP contribution in [0.25, 0.3) is 0 Å². The van der Waals surface area contributed by atoms with Crippen LogP contribution in [-0.4, -0.2) is 21.9 Å². The second-order valence-corrected chi connectivity index (χ2v) is 1.76. The normalized spacial score (nSPS) is 9.30. The van der Waals surface area contributed by atoms with E-state index in [2.05, 4.69) is 27.3 Å². The molecule has 0 unspecified atom stereocenters. The Bertz CT molecular complexity index is 209. The predicted octanol–water partition coefficient (Wildman–Crippen LogP) is 0.454. The summed E-state index contributed by atoms with van der Waals surface area (Å²) in [5, 5.41) is 0. The van der Waals surface area contributed by atoms with E-state index in [9.17, 15) is 4.79 Å². The highest BCUT2D eigenvalue weighted by Gasteiger charge is 2.06. The summed E-state index contributed by atoms with van der Waals surface area (Å²) in [5.41, 5.74) is 0. The highest BCUT2D eigenvalue weighted by molar-refractivity contribution is 7.80. The van der Waals surface area contributed by atoms with Gasteiger partial charge in [-0.15, -0.1) is 12.6 Å². The Morgan fingerprint density at radius 1 is 1.90 bits per heavy atom. The molecule has 1 N–H and O–H groups in total. The van der Waals surface area contributed by atoms with Crippen molar-refractivity contribution < 1.29 is 9.53 Å². The lowest BCUT2D eigenvalue weighted by Gasteiger charge is -1.94. The minimum Gasteiger partial charge on any atom is -0.449 e. The Labute approximate surface area is 63.0 Å².